The van der Waals surface area contributed by atoms with Crippen molar-refractivity contribution in [3.8, 4) is 11.3 Å². The summed E-state index contributed by atoms with van der Waals surface area (Å²) < 4.78 is 1.78. The first-order valence-corrected chi connectivity index (χ1v) is 11.5. The second kappa shape index (κ2) is 9.43. The molecule has 0 spiro atoms. The van der Waals surface area contributed by atoms with E-state index in [2.05, 4.69) is 15.4 Å². The number of aryl methyl sites for hydroxylation is 2. The number of benzene rings is 1. The van der Waals surface area contributed by atoms with Crippen molar-refractivity contribution >= 4 is 28.8 Å². The van der Waals surface area contributed by atoms with Gasteiger partial charge in [0.2, 0.25) is 11.8 Å². The zero-order valence-electron chi connectivity index (χ0n) is 17.9. The van der Waals surface area contributed by atoms with E-state index < -0.39 is 0 Å². The van der Waals surface area contributed by atoms with Gasteiger partial charge in [-0.3, -0.25) is 14.3 Å². The predicted octanol–water partition coefficient (Wildman–Crippen LogP) is 3.75. The van der Waals surface area contributed by atoms with Crippen molar-refractivity contribution in [2.24, 2.45) is 5.92 Å². The van der Waals surface area contributed by atoms with Crippen LogP contribution in [0, 0.1) is 12.8 Å². The first-order chi connectivity index (χ1) is 15.0. The molecular weight excluding hydrogens is 410 g/mol. The van der Waals surface area contributed by atoms with Gasteiger partial charge < -0.3 is 10.2 Å². The Labute approximate surface area is 186 Å². The summed E-state index contributed by atoms with van der Waals surface area (Å²) >= 11 is 1.63. The van der Waals surface area contributed by atoms with E-state index in [0.717, 1.165) is 34.1 Å². The van der Waals surface area contributed by atoms with Gasteiger partial charge in [0.15, 0.2) is 0 Å². The number of thiazole rings is 1. The number of piperidine rings is 1. The lowest BCUT2D eigenvalue weighted by molar-refractivity contribution is -0.133. The molecule has 1 aliphatic heterocycles. The third kappa shape index (κ3) is 5.19. The number of carbonyl (C=O) groups excluding carboxylic acids is 2. The fourth-order valence-electron chi connectivity index (χ4n) is 3.81. The zero-order valence-corrected chi connectivity index (χ0v) is 18.7. The topological polar surface area (TPSA) is 80.1 Å². The lowest BCUT2D eigenvalue weighted by Crippen LogP contribution is -2.42. The number of carbonyl (C=O) groups is 2. The molecule has 1 aromatic carbocycles. The molecular formula is C23H27N5O2S. The molecule has 8 heteroatoms. The summed E-state index contributed by atoms with van der Waals surface area (Å²) in [4.78, 5) is 31.6. The van der Waals surface area contributed by atoms with Crippen LogP contribution in [0.4, 0.5) is 5.69 Å². The van der Waals surface area contributed by atoms with E-state index in [-0.39, 0.29) is 17.7 Å². The number of hydrogen-bond donors (Lipinski definition) is 1. The number of nitrogens with zero attached hydrogens (tertiary/aromatic N) is 4. The van der Waals surface area contributed by atoms with Gasteiger partial charge in [-0.05, 0) is 32.3 Å². The van der Waals surface area contributed by atoms with Gasteiger partial charge in [0.1, 0.15) is 0 Å². The maximum atomic E-state index is 12.7. The van der Waals surface area contributed by atoms with Crippen LogP contribution in [0.15, 0.2) is 42.0 Å². The fraction of sp³-hybridized carbons (Fsp3) is 0.391. The highest BCUT2D eigenvalue weighted by Gasteiger charge is 2.27. The Morgan fingerprint density at radius 3 is 2.55 bits per heavy atom. The third-order valence-corrected chi connectivity index (χ3v) is 6.44. The molecule has 0 unspecified atom stereocenters. The molecule has 4 rings (SSSR count). The number of likely N-dealkylation sites (tertiary alicyclic amines) is 1. The van der Waals surface area contributed by atoms with Crippen LogP contribution in [0.1, 0.15) is 30.3 Å². The summed E-state index contributed by atoms with van der Waals surface area (Å²) in [7, 11) is 0. The molecule has 0 bridgehead atoms. The Bertz CT molecular complexity index is 1050. The Morgan fingerprint density at radius 1 is 1.19 bits per heavy atom. The summed E-state index contributed by atoms with van der Waals surface area (Å²) in [6.45, 7) is 5.99. The number of rotatable bonds is 6. The SMILES string of the molecule is CCn1cc(NC(=O)C2CCN(C(=O)Cc3ccc(-c4csc(C)n4)cc3)CC2)cn1. The number of anilines is 1. The molecule has 1 aliphatic rings. The number of amides is 2. The standard InChI is InChI=1S/C23H27N5O2S/c1-3-28-14-20(13-24-28)26-23(30)19-8-10-27(11-9-19)22(29)12-17-4-6-18(7-5-17)21-15-31-16(2)25-21/h4-7,13-15,19H,3,8-12H2,1-2H3,(H,26,30). The van der Waals surface area contributed by atoms with Crippen molar-refractivity contribution in [2.45, 2.75) is 39.7 Å². The van der Waals surface area contributed by atoms with Crippen molar-refractivity contribution in [1.82, 2.24) is 19.7 Å². The lowest BCUT2D eigenvalue weighted by atomic mass is 9.95. The van der Waals surface area contributed by atoms with Gasteiger partial charge in [0.05, 0.1) is 29.0 Å². The van der Waals surface area contributed by atoms with E-state index >= 15 is 0 Å². The number of nitrogens with one attached hydrogen (secondary N) is 1. The Kier molecular flexibility index (Phi) is 6.46. The quantitative estimate of drug-likeness (QED) is 0.637. The van der Waals surface area contributed by atoms with Crippen molar-refractivity contribution in [1.29, 1.82) is 0 Å². The first-order valence-electron chi connectivity index (χ1n) is 10.6. The number of hydrogen-bond acceptors (Lipinski definition) is 5. The fourth-order valence-corrected chi connectivity index (χ4v) is 4.43. The lowest BCUT2D eigenvalue weighted by Gasteiger charge is -2.31. The van der Waals surface area contributed by atoms with E-state index in [0.29, 0.717) is 32.4 Å². The molecule has 7 nitrogen and oxygen atoms in total. The molecule has 162 valence electrons. The maximum Gasteiger partial charge on any atom is 0.227 e. The van der Waals surface area contributed by atoms with E-state index in [1.165, 1.54) is 0 Å². The first kappa shape index (κ1) is 21.2. The molecule has 1 N–H and O–H groups in total. The molecule has 0 radical (unpaired) electrons. The van der Waals surface area contributed by atoms with Gasteiger partial charge in [-0.1, -0.05) is 24.3 Å². The Morgan fingerprint density at radius 2 is 1.94 bits per heavy atom. The van der Waals surface area contributed by atoms with Crippen LogP contribution in [0.3, 0.4) is 0 Å². The average Bonchev–Trinajstić information content (AvgIpc) is 3.43. The van der Waals surface area contributed by atoms with Crippen LogP contribution in [-0.2, 0) is 22.6 Å². The van der Waals surface area contributed by atoms with Crippen LogP contribution in [0.5, 0.6) is 0 Å². The molecule has 0 saturated carbocycles. The van der Waals surface area contributed by atoms with Crippen LogP contribution in [-0.4, -0.2) is 44.6 Å². The smallest absolute Gasteiger partial charge is 0.227 e. The highest BCUT2D eigenvalue weighted by Crippen LogP contribution is 2.23. The van der Waals surface area contributed by atoms with Crippen molar-refractivity contribution < 1.29 is 9.59 Å². The summed E-state index contributed by atoms with van der Waals surface area (Å²) in [6.07, 6.45) is 5.24. The summed E-state index contributed by atoms with van der Waals surface area (Å²) in [5.41, 5.74) is 3.76. The molecule has 1 fully saturated rings. The average molecular weight is 438 g/mol. The third-order valence-electron chi connectivity index (χ3n) is 5.67. The monoisotopic (exact) mass is 437 g/mol. The van der Waals surface area contributed by atoms with Crippen LogP contribution < -0.4 is 5.32 Å². The Hall–Kier alpha value is -3.00. The van der Waals surface area contributed by atoms with E-state index in [1.807, 2.05) is 54.6 Å². The normalized spacial score (nSPS) is 14.6. The van der Waals surface area contributed by atoms with Gasteiger partial charge in [-0.2, -0.15) is 5.10 Å². The highest BCUT2D eigenvalue weighted by molar-refractivity contribution is 7.09. The molecule has 2 amide bonds. The molecule has 31 heavy (non-hydrogen) atoms. The second-order valence-corrected chi connectivity index (χ2v) is 8.92. The predicted molar refractivity (Wildman–Crippen MR) is 122 cm³/mol. The van der Waals surface area contributed by atoms with Gasteiger partial charge >= 0.3 is 0 Å². The van der Waals surface area contributed by atoms with Crippen LogP contribution in [0.25, 0.3) is 11.3 Å². The van der Waals surface area contributed by atoms with Crippen LogP contribution >= 0.6 is 11.3 Å². The highest BCUT2D eigenvalue weighted by atomic mass is 32.1. The van der Waals surface area contributed by atoms with Gasteiger partial charge in [0, 0.05) is 42.7 Å². The van der Waals surface area contributed by atoms with E-state index in [1.54, 1.807) is 22.2 Å². The van der Waals surface area contributed by atoms with Crippen molar-refractivity contribution in [3.05, 3.63) is 52.6 Å². The molecule has 0 aliphatic carbocycles. The van der Waals surface area contributed by atoms with E-state index in [4.69, 9.17) is 0 Å². The largest absolute Gasteiger partial charge is 0.342 e. The molecule has 0 atom stereocenters. The molecule has 3 heterocycles. The maximum absolute atomic E-state index is 12.7. The van der Waals surface area contributed by atoms with Crippen LogP contribution in [0.2, 0.25) is 0 Å². The van der Waals surface area contributed by atoms with Crippen molar-refractivity contribution in [2.75, 3.05) is 18.4 Å². The minimum atomic E-state index is -0.0742. The second-order valence-electron chi connectivity index (χ2n) is 7.85. The number of aromatic nitrogens is 3. The summed E-state index contributed by atoms with van der Waals surface area (Å²) in [5.74, 6) is 0.0471. The minimum Gasteiger partial charge on any atom is -0.342 e. The zero-order chi connectivity index (χ0) is 21.8. The van der Waals surface area contributed by atoms with Gasteiger partial charge in [0.25, 0.3) is 0 Å². The molecule has 1 saturated heterocycles. The Balaban J connectivity index is 1.26. The van der Waals surface area contributed by atoms with Crippen molar-refractivity contribution in [3.63, 3.8) is 0 Å². The molecule has 2 aromatic heterocycles. The minimum absolute atomic E-state index is 0.00983. The summed E-state index contributed by atoms with van der Waals surface area (Å²) in [5, 5.41) is 10.2. The van der Waals surface area contributed by atoms with Gasteiger partial charge in [-0.15, -0.1) is 11.3 Å². The van der Waals surface area contributed by atoms with E-state index in [9.17, 15) is 9.59 Å². The molecule has 3 aromatic rings. The summed E-state index contributed by atoms with van der Waals surface area (Å²) in [6, 6.07) is 8.04. The van der Waals surface area contributed by atoms with Gasteiger partial charge in [-0.25, -0.2) is 4.98 Å².